The second-order valence-electron chi connectivity index (χ2n) is 4.33. The maximum Gasteiger partial charge on any atom is 0.260 e. The third kappa shape index (κ3) is 2.51. The third-order valence-corrected chi connectivity index (χ3v) is 3.04. The number of piperidine rings is 1. The molecule has 0 spiro atoms. The van der Waals surface area contributed by atoms with Crippen LogP contribution in [0, 0.1) is 0 Å². The molecule has 1 aromatic carbocycles. The van der Waals surface area contributed by atoms with E-state index in [1.54, 1.807) is 31.4 Å². The Labute approximate surface area is 106 Å². The van der Waals surface area contributed by atoms with Crippen LogP contribution in [0.25, 0.3) is 0 Å². The molecule has 1 atom stereocenters. The van der Waals surface area contributed by atoms with Crippen molar-refractivity contribution in [1.82, 2.24) is 4.90 Å². The monoisotopic (exact) mass is 248 g/mol. The standard InChI is InChI=1S/C13H16N2O3/c1-18-11-4-2-9(3-5-11)13(17)15-7-6-10(14)8-12(15)16/h2-5,10H,6-8,14H2,1H3. The molecule has 1 aromatic rings. The zero-order valence-corrected chi connectivity index (χ0v) is 10.3. The zero-order valence-electron chi connectivity index (χ0n) is 10.3. The summed E-state index contributed by atoms with van der Waals surface area (Å²) in [6, 6.07) is 6.59. The van der Waals surface area contributed by atoms with E-state index in [1.165, 1.54) is 4.90 Å². The summed E-state index contributed by atoms with van der Waals surface area (Å²) in [5.74, 6) is 0.211. The van der Waals surface area contributed by atoms with Crippen LogP contribution in [-0.2, 0) is 4.79 Å². The van der Waals surface area contributed by atoms with Crippen LogP contribution in [0.5, 0.6) is 5.75 Å². The first-order valence-corrected chi connectivity index (χ1v) is 5.86. The number of carbonyl (C=O) groups excluding carboxylic acids is 2. The number of amides is 2. The molecule has 1 aliphatic heterocycles. The highest BCUT2D eigenvalue weighted by Crippen LogP contribution is 2.16. The number of imide groups is 1. The number of likely N-dealkylation sites (tertiary alicyclic amines) is 1. The lowest BCUT2D eigenvalue weighted by Gasteiger charge is -2.28. The van der Waals surface area contributed by atoms with E-state index in [1.807, 2.05) is 0 Å². The van der Waals surface area contributed by atoms with Crippen molar-refractivity contribution >= 4 is 11.8 Å². The van der Waals surface area contributed by atoms with Gasteiger partial charge in [0.25, 0.3) is 5.91 Å². The number of hydrogen-bond acceptors (Lipinski definition) is 4. The normalized spacial score (nSPS) is 19.8. The summed E-state index contributed by atoms with van der Waals surface area (Å²) in [4.78, 5) is 25.2. The Morgan fingerprint density at radius 3 is 2.61 bits per heavy atom. The van der Waals surface area contributed by atoms with Crippen LogP contribution in [0.4, 0.5) is 0 Å². The SMILES string of the molecule is COc1ccc(C(=O)N2CCC(N)CC2=O)cc1. The summed E-state index contributed by atoms with van der Waals surface area (Å²) in [5.41, 5.74) is 6.17. The minimum atomic E-state index is -0.269. The molecule has 0 radical (unpaired) electrons. The summed E-state index contributed by atoms with van der Waals surface area (Å²) in [5, 5.41) is 0. The van der Waals surface area contributed by atoms with Crippen molar-refractivity contribution < 1.29 is 14.3 Å². The molecule has 96 valence electrons. The molecule has 2 amide bonds. The minimum absolute atomic E-state index is 0.127. The number of ether oxygens (including phenoxy) is 1. The van der Waals surface area contributed by atoms with Gasteiger partial charge in [-0.3, -0.25) is 14.5 Å². The lowest BCUT2D eigenvalue weighted by molar-refractivity contribution is -0.130. The van der Waals surface area contributed by atoms with Crippen LogP contribution < -0.4 is 10.5 Å². The van der Waals surface area contributed by atoms with E-state index in [0.717, 1.165) is 0 Å². The predicted octanol–water partition coefficient (Wildman–Crippen LogP) is 0.785. The molecule has 1 fully saturated rings. The predicted molar refractivity (Wildman–Crippen MR) is 66.2 cm³/mol. The van der Waals surface area contributed by atoms with E-state index in [2.05, 4.69) is 0 Å². The number of nitrogens with zero attached hydrogens (tertiary/aromatic N) is 1. The fraction of sp³-hybridized carbons (Fsp3) is 0.385. The fourth-order valence-corrected chi connectivity index (χ4v) is 1.96. The van der Waals surface area contributed by atoms with Gasteiger partial charge in [0.05, 0.1) is 7.11 Å². The van der Waals surface area contributed by atoms with Gasteiger partial charge in [0.1, 0.15) is 5.75 Å². The minimum Gasteiger partial charge on any atom is -0.497 e. The summed E-state index contributed by atoms with van der Waals surface area (Å²) in [7, 11) is 1.56. The van der Waals surface area contributed by atoms with E-state index >= 15 is 0 Å². The van der Waals surface area contributed by atoms with E-state index in [0.29, 0.717) is 24.3 Å². The average molecular weight is 248 g/mol. The molecule has 5 heteroatoms. The lowest BCUT2D eigenvalue weighted by atomic mass is 10.0. The Bertz CT molecular complexity index is 456. The molecule has 18 heavy (non-hydrogen) atoms. The number of nitrogens with two attached hydrogens (primary N) is 1. The maximum atomic E-state index is 12.1. The Hall–Kier alpha value is -1.88. The van der Waals surface area contributed by atoms with Gasteiger partial charge in [0.2, 0.25) is 5.91 Å². The van der Waals surface area contributed by atoms with Gasteiger partial charge in [-0.15, -0.1) is 0 Å². The Kier molecular flexibility index (Phi) is 3.62. The maximum absolute atomic E-state index is 12.1. The van der Waals surface area contributed by atoms with Gasteiger partial charge in [-0.2, -0.15) is 0 Å². The smallest absolute Gasteiger partial charge is 0.260 e. The molecule has 0 bridgehead atoms. The molecular formula is C13H16N2O3. The summed E-state index contributed by atoms with van der Waals surface area (Å²) < 4.78 is 5.02. The highest BCUT2D eigenvalue weighted by atomic mass is 16.5. The van der Waals surface area contributed by atoms with Crippen LogP contribution in [0.2, 0.25) is 0 Å². The van der Waals surface area contributed by atoms with Gasteiger partial charge in [0.15, 0.2) is 0 Å². The van der Waals surface area contributed by atoms with Gasteiger partial charge in [0, 0.05) is 24.6 Å². The highest BCUT2D eigenvalue weighted by molar-refractivity contribution is 6.05. The van der Waals surface area contributed by atoms with Gasteiger partial charge < -0.3 is 10.5 Å². The number of methoxy groups -OCH3 is 1. The second-order valence-corrected chi connectivity index (χ2v) is 4.33. The molecule has 2 N–H and O–H groups in total. The van der Waals surface area contributed by atoms with E-state index in [4.69, 9.17) is 10.5 Å². The quantitative estimate of drug-likeness (QED) is 0.785. The molecule has 0 aromatic heterocycles. The van der Waals surface area contributed by atoms with Gasteiger partial charge in [-0.25, -0.2) is 0 Å². The number of hydrogen-bond donors (Lipinski definition) is 1. The van der Waals surface area contributed by atoms with Crippen LogP contribution in [0.1, 0.15) is 23.2 Å². The van der Waals surface area contributed by atoms with E-state index in [9.17, 15) is 9.59 Å². The van der Waals surface area contributed by atoms with Crippen molar-refractivity contribution in [3.63, 3.8) is 0 Å². The van der Waals surface area contributed by atoms with Gasteiger partial charge in [-0.1, -0.05) is 0 Å². The summed E-state index contributed by atoms with van der Waals surface area (Å²) in [6.45, 7) is 0.394. The first kappa shape index (κ1) is 12.6. The van der Waals surface area contributed by atoms with Crippen molar-refractivity contribution in [2.75, 3.05) is 13.7 Å². The first-order valence-electron chi connectivity index (χ1n) is 5.86. The van der Waals surface area contributed by atoms with Crippen molar-refractivity contribution in [3.05, 3.63) is 29.8 Å². The molecule has 1 unspecified atom stereocenters. The number of rotatable bonds is 2. The van der Waals surface area contributed by atoms with E-state index in [-0.39, 0.29) is 24.3 Å². The van der Waals surface area contributed by atoms with Crippen LogP contribution in [-0.4, -0.2) is 36.4 Å². The van der Waals surface area contributed by atoms with Crippen LogP contribution in [0.3, 0.4) is 0 Å². The Morgan fingerprint density at radius 2 is 2.06 bits per heavy atom. The van der Waals surface area contributed by atoms with Crippen molar-refractivity contribution in [3.8, 4) is 5.75 Å². The average Bonchev–Trinajstić information content (AvgIpc) is 2.38. The Morgan fingerprint density at radius 1 is 1.39 bits per heavy atom. The second kappa shape index (κ2) is 5.18. The van der Waals surface area contributed by atoms with Crippen molar-refractivity contribution in [2.45, 2.75) is 18.9 Å². The molecule has 1 heterocycles. The van der Waals surface area contributed by atoms with Gasteiger partial charge in [-0.05, 0) is 30.7 Å². The molecule has 1 saturated heterocycles. The molecule has 5 nitrogen and oxygen atoms in total. The molecular weight excluding hydrogens is 232 g/mol. The highest BCUT2D eigenvalue weighted by Gasteiger charge is 2.28. The van der Waals surface area contributed by atoms with Crippen LogP contribution >= 0.6 is 0 Å². The fourth-order valence-electron chi connectivity index (χ4n) is 1.96. The van der Waals surface area contributed by atoms with Crippen molar-refractivity contribution in [1.29, 1.82) is 0 Å². The topological polar surface area (TPSA) is 72.6 Å². The number of benzene rings is 1. The first-order chi connectivity index (χ1) is 8.61. The molecule has 0 saturated carbocycles. The summed E-state index contributed by atoms with van der Waals surface area (Å²) >= 11 is 0. The lowest BCUT2D eigenvalue weighted by Crippen LogP contribution is -2.46. The molecule has 0 aliphatic carbocycles. The third-order valence-electron chi connectivity index (χ3n) is 3.04. The zero-order chi connectivity index (χ0) is 13.1. The van der Waals surface area contributed by atoms with Gasteiger partial charge >= 0.3 is 0 Å². The Balaban J connectivity index is 2.12. The number of carbonyl (C=O) groups is 2. The van der Waals surface area contributed by atoms with E-state index < -0.39 is 0 Å². The summed E-state index contributed by atoms with van der Waals surface area (Å²) in [6.07, 6.45) is 0.898. The molecule has 1 aliphatic rings. The van der Waals surface area contributed by atoms with Crippen molar-refractivity contribution in [2.24, 2.45) is 5.73 Å². The largest absolute Gasteiger partial charge is 0.497 e. The van der Waals surface area contributed by atoms with Crippen LogP contribution in [0.15, 0.2) is 24.3 Å². The molecule has 2 rings (SSSR count).